The van der Waals surface area contributed by atoms with Crippen LogP contribution >= 0.6 is 0 Å². The van der Waals surface area contributed by atoms with Crippen LogP contribution < -0.4 is 0 Å². The molecule has 0 aliphatic heterocycles. The number of fused-ring (bicyclic) bond motifs is 3. The molecule has 51 heavy (non-hydrogen) atoms. The molecule has 0 atom stereocenters. The number of benzene rings is 7. The Morgan fingerprint density at radius 1 is 0.373 bits per heavy atom. The summed E-state index contributed by atoms with van der Waals surface area (Å²) >= 11 is 0. The summed E-state index contributed by atoms with van der Waals surface area (Å²) in [6, 6.07) is 62.2. The molecule has 2 heterocycles. The van der Waals surface area contributed by atoms with Gasteiger partial charge in [-0.3, -0.25) is 0 Å². The quantitative estimate of drug-likeness (QED) is 0.179. The van der Waals surface area contributed by atoms with Crippen molar-refractivity contribution < 1.29 is 0 Å². The van der Waals surface area contributed by atoms with Gasteiger partial charge in [0.25, 0.3) is 0 Å². The first-order chi connectivity index (χ1) is 25.2. The van der Waals surface area contributed by atoms with Gasteiger partial charge in [0.2, 0.25) is 0 Å². The SMILES string of the molecule is N#Cc1ccc(-c2nc(-c3ccccc3)nc(-c3ccccc3)n2)cc1-n1c2ccc(-c3ccccc3)cc2c2cc(-c3ccccc3)ccc21. The lowest BCUT2D eigenvalue weighted by molar-refractivity contribution is 1.07. The zero-order valence-electron chi connectivity index (χ0n) is 27.5. The highest BCUT2D eigenvalue weighted by Gasteiger charge is 2.19. The van der Waals surface area contributed by atoms with Gasteiger partial charge in [0.05, 0.1) is 22.3 Å². The van der Waals surface area contributed by atoms with Crippen molar-refractivity contribution in [3.63, 3.8) is 0 Å². The average Bonchev–Trinajstić information content (AvgIpc) is 3.54. The topological polar surface area (TPSA) is 67.4 Å². The molecule has 5 nitrogen and oxygen atoms in total. The molecule has 0 bridgehead atoms. The van der Waals surface area contributed by atoms with Crippen LogP contribution in [-0.4, -0.2) is 19.5 Å². The van der Waals surface area contributed by atoms with E-state index in [4.69, 9.17) is 15.0 Å². The van der Waals surface area contributed by atoms with E-state index in [1.807, 2.05) is 91.0 Å². The molecule has 7 aromatic carbocycles. The highest BCUT2D eigenvalue weighted by atomic mass is 15.0. The Hall–Kier alpha value is -7.16. The molecule has 0 amide bonds. The lowest BCUT2D eigenvalue weighted by Crippen LogP contribution is -2.02. The molecule has 238 valence electrons. The van der Waals surface area contributed by atoms with Crippen molar-refractivity contribution in [2.24, 2.45) is 0 Å². The van der Waals surface area contributed by atoms with E-state index in [9.17, 15) is 5.26 Å². The summed E-state index contributed by atoms with van der Waals surface area (Å²) in [7, 11) is 0. The van der Waals surface area contributed by atoms with Crippen molar-refractivity contribution in [3.05, 3.63) is 181 Å². The van der Waals surface area contributed by atoms with Crippen molar-refractivity contribution >= 4 is 21.8 Å². The number of nitriles is 1. The number of hydrogen-bond acceptors (Lipinski definition) is 4. The number of hydrogen-bond donors (Lipinski definition) is 0. The molecule has 0 aliphatic carbocycles. The van der Waals surface area contributed by atoms with Crippen LogP contribution in [0.1, 0.15) is 5.56 Å². The fourth-order valence-electron chi connectivity index (χ4n) is 6.79. The molecule has 0 unspecified atom stereocenters. The minimum absolute atomic E-state index is 0.534. The Morgan fingerprint density at radius 2 is 0.765 bits per heavy atom. The van der Waals surface area contributed by atoms with Crippen LogP contribution in [0.15, 0.2) is 176 Å². The second kappa shape index (κ2) is 12.7. The molecule has 0 radical (unpaired) electrons. The van der Waals surface area contributed by atoms with E-state index < -0.39 is 0 Å². The summed E-state index contributed by atoms with van der Waals surface area (Å²) in [4.78, 5) is 14.8. The van der Waals surface area contributed by atoms with Gasteiger partial charge < -0.3 is 4.57 Å². The van der Waals surface area contributed by atoms with Crippen molar-refractivity contribution in [3.8, 4) is 68.2 Å². The summed E-state index contributed by atoms with van der Waals surface area (Å²) in [5.41, 5.74) is 10.5. The summed E-state index contributed by atoms with van der Waals surface area (Å²) in [6.07, 6.45) is 0. The van der Waals surface area contributed by atoms with E-state index in [2.05, 4.69) is 95.6 Å². The van der Waals surface area contributed by atoms with Gasteiger partial charge in [-0.05, 0) is 64.7 Å². The van der Waals surface area contributed by atoms with Crippen LogP contribution in [-0.2, 0) is 0 Å². The van der Waals surface area contributed by atoms with E-state index in [0.29, 0.717) is 23.0 Å². The second-order valence-electron chi connectivity index (χ2n) is 12.4. The summed E-state index contributed by atoms with van der Waals surface area (Å²) < 4.78 is 2.20. The minimum atomic E-state index is 0.534. The monoisotopic (exact) mass is 651 g/mol. The van der Waals surface area contributed by atoms with E-state index in [0.717, 1.165) is 66.4 Å². The molecular formula is C46H29N5. The van der Waals surface area contributed by atoms with Gasteiger partial charge in [-0.2, -0.15) is 5.26 Å². The lowest BCUT2D eigenvalue weighted by atomic mass is 10.0. The second-order valence-corrected chi connectivity index (χ2v) is 12.4. The van der Waals surface area contributed by atoms with Crippen LogP contribution in [0.3, 0.4) is 0 Å². The van der Waals surface area contributed by atoms with Gasteiger partial charge in [0.15, 0.2) is 17.5 Å². The van der Waals surface area contributed by atoms with Crippen LogP contribution in [0.4, 0.5) is 0 Å². The highest BCUT2D eigenvalue weighted by Crippen LogP contribution is 2.39. The van der Waals surface area contributed by atoms with E-state index in [1.165, 1.54) is 0 Å². The molecule has 9 aromatic rings. The molecular weight excluding hydrogens is 623 g/mol. The molecule has 0 N–H and O–H groups in total. The normalized spacial score (nSPS) is 11.1. The summed E-state index contributed by atoms with van der Waals surface area (Å²) in [6.45, 7) is 0. The third-order valence-corrected chi connectivity index (χ3v) is 9.30. The zero-order chi connectivity index (χ0) is 34.1. The predicted octanol–water partition coefficient (Wildman–Crippen LogP) is 11.2. The van der Waals surface area contributed by atoms with Crippen molar-refractivity contribution in [1.29, 1.82) is 5.26 Å². The van der Waals surface area contributed by atoms with Gasteiger partial charge >= 0.3 is 0 Å². The molecule has 0 aliphatic rings. The molecule has 0 saturated heterocycles. The Morgan fingerprint density at radius 3 is 1.20 bits per heavy atom. The van der Waals surface area contributed by atoms with E-state index in [1.54, 1.807) is 0 Å². The van der Waals surface area contributed by atoms with E-state index in [-0.39, 0.29) is 0 Å². The first-order valence-electron chi connectivity index (χ1n) is 16.8. The van der Waals surface area contributed by atoms with Crippen molar-refractivity contribution in [2.45, 2.75) is 0 Å². The number of rotatable bonds is 6. The zero-order valence-corrected chi connectivity index (χ0v) is 27.5. The standard InChI is InChI=1S/C46H29N5/c47-30-38-22-21-37(46-49-44(33-17-9-3-10-18-33)48-45(50-46)34-19-11-4-12-20-34)29-43(38)51-41-25-23-35(31-13-5-1-6-14-31)27-39(41)40-28-36(24-26-42(40)51)32-15-7-2-8-16-32/h1-29H. The van der Waals surface area contributed by atoms with Gasteiger partial charge in [0.1, 0.15) is 6.07 Å². The maximum Gasteiger partial charge on any atom is 0.164 e. The van der Waals surface area contributed by atoms with Gasteiger partial charge in [-0.15, -0.1) is 0 Å². The first-order valence-corrected chi connectivity index (χ1v) is 16.8. The first kappa shape index (κ1) is 29.9. The fraction of sp³-hybridized carbons (Fsp3) is 0. The largest absolute Gasteiger partial charge is 0.308 e. The third-order valence-electron chi connectivity index (χ3n) is 9.30. The molecule has 2 aromatic heterocycles. The lowest BCUT2D eigenvalue weighted by Gasteiger charge is -2.13. The molecule has 0 fully saturated rings. The Balaban J connectivity index is 1.28. The Labute approximate surface area is 295 Å². The maximum atomic E-state index is 10.5. The van der Waals surface area contributed by atoms with Gasteiger partial charge in [0, 0.05) is 27.5 Å². The van der Waals surface area contributed by atoms with Crippen LogP contribution in [0.25, 0.3) is 83.9 Å². The highest BCUT2D eigenvalue weighted by molar-refractivity contribution is 6.12. The van der Waals surface area contributed by atoms with Crippen molar-refractivity contribution in [2.75, 3.05) is 0 Å². The van der Waals surface area contributed by atoms with Gasteiger partial charge in [-0.25, -0.2) is 15.0 Å². The average molecular weight is 652 g/mol. The predicted molar refractivity (Wildman–Crippen MR) is 206 cm³/mol. The van der Waals surface area contributed by atoms with Crippen LogP contribution in [0, 0.1) is 11.3 Å². The van der Waals surface area contributed by atoms with Crippen LogP contribution in [0.2, 0.25) is 0 Å². The number of nitrogens with zero attached hydrogens (tertiary/aromatic N) is 5. The number of aromatic nitrogens is 4. The Bertz CT molecular complexity index is 2580. The molecule has 5 heteroatoms. The molecule has 0 saturated carbocycles. The van der Waals surface area contributed by atoms with Crippen molar-refractivity contribution in [1.82, 2.24) is 19.5 Å². The fourth-order valence-corrected chi connectivity index (χ4v) is 6.79. The van der Waals surface area contributed by atoms with Crippen LogP contribution in [0.5, 0.6) is 0 Å². The maximum absolute atomic E-state index is 10.5. The molecule has 0 spiro atoms. The molecule has 9 rings (SSSR count). The smallest absolute Gasteiger partial charge is 0.164 e. The summed E-state index contributed by atoms with van der Waals surface area (Å²) in [5.74, 6) is 1.71. The van der Waals surface area contributed by atoms with Gasteiger partial charge in [-0.1, -0.05) is 133 Å². The summed E-state index contributed by atoms with van der Waals surface area (Å²) in [5, 5.41) is 12.7. The Kier molecular flexibility index (Phi) is 7.46. The third kappa shape index (κ3) is 5.51. The minimum Gasteiger partial charge on any atom is -0.308 e. The van der Waals surface area contributed by atoms with E-state index >= 15 is 0 Å².